The number of aromatic nitrogens is 2. The average molecular weight is 363 g/mol. The molecule has 3 atom stereocenters. The van der Waals surface area contributed by atoms with Crippen LogP contribution in [0.2, 0.25) is 5.15 Å². The lowest BCUT2D eigenvalue weighted by molar-refractivity contribution is -0.0410. The first-order valence-corrected chi connectivity index (χ1v) is 9.06. The van der Waals surface area contributed by atoms with Crippen molar-refractivity contribution in [1.82, 2.24) is 9.78 Å². The molecule has 0 aliphatic heterocycles. The van der Waals surface area contributed by atoms with Gasteiger partial charge in [-0.3, -0.25) is 4.68 Å². The normalized spacial score (nSPS) is 26.7. The van der Waals surface area contributed by atoms with Gasteiger partial charge in [0.05, 0.1) is 6.20 Å². The van der Waals surface area contributed by atoms with E-state index in [1.54, 1.807) is 19.2 Å². The van der Waals surface area contributed by atoms with Crippen LogP contribution in [-0.2, 0) is 17.4 Å². The number of hydrogen-bond acceptors (Lipinski definition) is 3. The molecule has 6 heteroatoms. The van der Waals surface area contributed by atoms with Crippen LogP contribution < -0.4 is 0 Å². The second-order valence-corrected chi connectivity index (χ2v) is 7.38. The van der Waals surface area contributed by atoms with Gasteiger partial charge >= 0.3 is 5.97 Å². The Kier molecular flexibility index (Phi) is 3.87. The molecule has 2 aliphatic carbocycles. The molecule has 132 valence electrons. The first-order chi connectivity index (χ1) is 12.0. The minimum atomic E-state index is -0.681. The van der Waals surface area contributed by atoms with Gasteiger partial charge in [0, 0.05) is 13.0 Å². The number of carbonyl (C=O) groups is 1. The minimum Gasteiger partial charge on any atom is -0.450 e. The molecular formula is C19H20ClFN2O2. The van der Waals surface area contributed by atoms with Crippen molar-refractivity contribution in [3.05, 3.63) is 52.1 Å². The van der Waals surface area contributed by atoms with Gasteiger partial charge < -0.3 is 4.74 Å². The van der Waals surface area contributed by atoms with Gasteiger partial charge in [-0.25, -0.2) is 9.18 Å². The SMILES string of the molecule is CCCC1C2CC[C@]1(OC(=O)c1cnn(C)c1Cl)c1ccc(F)cc12. The first kappa shape index (κ1) is 16.6. The summed E-state index contributed by atoms with van der Waals surface area (Å²) in [6, 6.07) is 4.84. The Hall–Kier alpha value is -1.88. The zero-order chi connectivity index (χ0) is 17.8. The molecule has 4 rings (SSSR count). The average Bonchev–Trinajstić information content (AvgIpc) is 3.17. The number of rotatable bonds is 4. The zero-order valence-corrected chi connectivity index (χ0v) is 15.0. The Bertz CT molecular complexity index is 850. The maximum atomic E-state index is 13.8. The van der Waals surface area contributed by atoms with Crippen molar-refractivity contribution >= 4 is 17.6 Å². The van der Waals surface area contributed by atoms with E-state index in [2.05, 4.69) is 12.0 Å². The maximum Gasteiger partial charge on any atom is 0.343 e. The number of carbonyl (C=O) groups excluding carboxylic acids is 1. The third-order valence-electron chi connectivity index (χ3n) is 5.74. The molecule has 1 heterocycles. The smallest absolute Gasteiger partial charge is 0.343 e. The molecule has 0 spiro atoms. The van der Waals surface area contributed by atoms with Crippen LogP contribution in [0.5, 0.6) is 0 Å². The molecule has 1 aromatic heterocycles. The lowest BCUT2D eigenvalue weighted by Crippen LogP contribution is -2.34. The van der Waals surface area contributed by atoms with Gasteiger partial charge in [-0.15, -0.1) is 0 Å². The molecule has 2 aromatic rings. The summed E-state index contributed by atoms with van der Waals surface area (Å²) >= 11 is 6.16. The summed E-state index contributed by atoms with van der Waals surface area (Å²) in [5.41, 5.74) is 1.54. The lowest BCUT2D eigenvalue weighted by atomic mass is 9.85. The highest BCUT2D eigenvalue weighted by Crippen LogP contribution is 2.63. The Morgan fingerprint density at radius 3 is 3.00 bits per heavy atom. The van der Waals surface area contributed by atoms with E-state index in [1.807, 2.05) is 0 Å². The summed E-state index contributed by atoms with van der Waals surface area (Å²) in [7, 11) is 1.68. The van der Waals surface area contributed by atoms with Gasteiger partial charge in [-0.2, -0.15) is 5.10 Å². The molecule has 4 nitrogen and oxygen atoms in total. The molecule has 0 N–H and O–H groups in total. The van der Waals surface area contributed by atoms with E-state index < -0.39 is 11.6 Å². The third-order valence-corrected chi connectivity index (χ3v) is 6.19. The summed E-state index contributed by atoms with van der Waals surface area (Å²) < 4.78 is 21.3. The van der Waals surface area contributed by atoms with E-state index in [0.29, 0.717) is 0 Å². The molecule has 0 saturated heterocycles. The van der Waals surface area contributed by atoms with Gasteiger partial charge in [-0.1, -0.05) is 31.0 Å². The Morgan fingerprint density at radius 2 is 2.32 bits per heavy atom. The van der Waals surface area contributed by atoms with E-state index in [9.17, 15) is 9.18 Å². The molecule has 2 aliphatic rings. The van der Waals surface area contributed by atoms with Gasteiger partial charge in [0.2, 0.25) is 0 Å². The maximum absolute atomic E-state index is 13.8. The molecule has 1 saturated carbocycles. The molecule has 2 bridgehead atoms. The number of nitrogens with zero attached hydrogens (tertiary/aromatic N) is 2. The second kappa shape index (κ2) is 5.84. The number of fused-ring (bicyclic) bond motifs is 5. The molecule has 2 unspecified atom stereocenters. The fourth-order valence-electron chi connectivity index (χ4n) is 4.72. The van der Waals surface area contributed by atoms with Gasteiger partial charge in [-0.05, 0) is 48.4 Å². The predicted octanol–water partition coefficient (Wildman–Crippen LogP) is 4.57. The van der Waals surface area contributed by atoms with Crippen LogP contribution in [0.1, 0.15) is 60.0 Å². The molecule has 0 radical (unpaired) electrons. The van der Waals surface area contributed by atoms with Gasteiger partial charge in [0.25, 0.3) is 0 Å². The first-order valence-electron chi connectivity index (χ1n) is 8.68. The van der Waals surface area contributed by atoms with Crippen LogP contribution in [0, 0.1) is 11.7 Å². The van der Waals surface area contributed by atoms with E-state index in [0.717, 1.165) is 36.8 Å². The fraction of sp³-hybridized carbons (Fsp3) is 0.474. The molecule has 25 heavy (non-hydrogen) atoms. The van der Waals surface area contributed by atoms with Crippen molar-refractivity contribution in [2.75, 3.05) is 0 Å². The van der Waals surface area contributed by atoms with E-state index in [-0.39, 0.29) is 28.4 Å². The van der Waals surface area contributed by atoms with Gasteiger partial charge in [0.1, 0.15) is 22.1 Å². The number of ether oxygens (including phenoxy) is 1. The second-order valence-electron chi connectivity index (χ2n) is 7.02. The summed E-state index contributed by atoms with van der Waals surface area (Å²) in [6.45, 7) is 2.12. The largest absolute Gasteiger partial charge is 0.450 e. The highest BCUT2D eigenvalue weighted by molar-refractivity contribution is 6.32. The number of benzene rings is 1. The van der Waals surface area contributed by atoms with Crippen molar-refractivity contribution in [2.24, 2.45) is 13.0 Å². The monoisotopic (exact) mass is 362 g/mol. The molecule has 1 aromatic carbocycles. The van der Waals surface area contributed by atoms with Crippen molar-refractivity contribution in [1.29, 1.82) is 0 Å². The summed E-state index contributed by atoms with van der Waals surface area (Å²) in [4.78, 5) is 12.8. The standard InChI is InChI=1S/C19H20ClFN2O2/c1-3-4-15-12-7-8-19(15,16-6-5-11(21)9-13(12)16)25-18(24)14-10-22-23(2)17(14)20/h5-6,9-10,12,15H,3-4,7-8H2,1-2H3/t12?,15?,19-/m1/s1. The highest BCUT2D eigenvalue weighted by atomic mass is 35.5. The Balaban J connectivity index is 1.75. The number of esters is 1. The molecular weight excluding hydrogens is 343 g/mol. The van der Waals surface area contributed by atoms with E-state index in [4.69, 9.17) is 16.3 Å². The number of hydrogen-bond donors (Lipinski definition) is 0. The van der Waals surface area contributed by atoms with Crippen LogP contribution in [-0.4, -0.2) is 15.7 Å². The number of halogens is 2. The quantitative estimate of drug-likeness (QED) is 0.748. The fourth-order valence-corrected chi connectivity index (χ4v) is 4.89. The highest BCUT2D eigenvalue weighted by Gasteiger charge is 2.59. The van der Waals surface area contributed by atoms with E-state index in [1.165, 1.54) is 16.9 Å². The van der Waals surface area contributed by atoms with Crippen LogP contribution in [0.4, 0.5) is 4.39 Å². The summed E-state index contributed by atoms with van der Waals surface area (Å²) in [5, 5.41) is 4.28. The molecule has 0 amide bonds. The summed E-state index contributed by atoms with van der Waals surface area (Å²) in [5.74, 6) is -0.258. The van der Waals surface area contributed by atoms with Crippen LogP contribution in [0.15, 0.2) is 24.4 Å². The van der Waals surface area contributed by atoms with Crippen molar-refractivity contribution in [3.63, 3.8) is 0 Å². The predicted molar refractivity (Wildman–Crippen MR) is 92.1 cm³/mol. The molecule has 1 fully saturated rings. The van der Waals surface area contributed by atoms with Gasteiger partial charge in [0.15, 0.2) is 0 Å². The van der Waals surface area contributed by atoms with Crippen LogP contribution in [0.25, 0.3) is 0 Å². The van der Waals surface area contributed by atoms with Crippen LogP contribution >= 0.6 is 11.6 Å². The van der Waals surface area contributed by atoms with Crippen LogP contribution in [0.3, 0.4) is 0 Å². The van der Waals surface area contributed by atoms with Crippen molar-refractivity contribution in [3.8, 4) is 0 Å². The minimum absolute atomic E-state index is 0.189. The third kappa shape index (κ3) is 2.32. The Morgan fingerprint density at radius 1 is 1.52 bits per heavy atom. The topological polar surface area (TPSA) is 44.1 Å². The zero-order valence-electron chi connectivity index (χ0n) is 14.3. The number of aryl methyl sites for hydroxylation is 1. The van der Waals surface area contributed by atoms with E-state index >= 15 is 0 Å². The Labute approximate surface area is 150 Å². The van der Waals surface area contributed by atoms with Crippen molar-refractivity contribution < 1.29 is 13.9 Å². The van der Waals surface area contributed by atoms with Crippen molar-refractivity contribution in [2.45, 2.75) is 44.1 Å². The summed E-state index contributed by atoms with van der Waals surface area (Å²) in [6.07, 6.45) is 5.04. The lowest BCUT2D eigenvalue weighted by Gasteiger charge is -2.33.